The van der Waals surface area contributed by atoms with Crippen LogP contribution in [0.1, 0.15) is 64.9 Å². The average Bonchev–Trinajstić information content (AvgIpc) is 2.84. The lowest BCUT2D eigenvalue weighted by atomic mass is 9.84. The van der Waals surface area contributed by atoms with Crippen molar-refractivity contribution in [2.45, 2.75) is 71.4 Å². The van der Waals surface area contributed by atoms with Gasteiger partial charge in [0.15, 0.2) is 0 Å². The van der Waals surface area contributed by atoms with Gasteiger partial charge in [0.25, 0.3) is 0 Å². The highest BCUT2D eigenvalue weighted by atomic mass is 16.1. The minimum atomic E-state index is -0.0104. The zero-order valence-corrected chi connectivity index (χ0v) is 21.4. The molecule has 0 unspecified atom stereocenters. The molecule has 0 bridgehead atoms. The Labute approximate surface area is 202 Å². The topological polar surface area (TPSA) is 38.8 Å². The standard InChI is InChI=1S/C28H46N4O/c1-5-32(6-2)26-14-11-24(12-15-26)13-16-28(33)29-19-22-31-20-17-25(18-21-31)30(4)27-10-8-7-9-23(27)3/h11-16,23,25,27H,5-10,17-22H2,1-4H3,(H,29,33)/b16-13+/t23-,27-/m1/s1. The van der Waals surface area contributed by atoms with E-state index in [9.17, 15) is 4.79 Å². The molecule has 1 saturated heterocycles. The molecule has 2 fully saturated rings. The largest absolute Gasteiger partial charge is 0.372 e. The van der Waals surface area contributed by atoms with Crippen LogP contribution in [0, 0.1) is 5.92 Å². The first-order valence-corrected chi connectivity index (χ1v) is 13.3. The van der Waals surface area contributed by atoms with Crippen molar-refractivity contribution in [3.05, 3.63) is 35.9 Å². The highest BCUT2D eigenvalue weighted by molar-refractivity contribution is 5.91. The van der Waals surface area contributed by atoms with Crippen LogP contribution in [0.5, 0.6) is 0 Å². The van der Waals surface area contributed by atoms with Crippen LogP contribution in [-0.2, 0) is 4.79 Å². The summed E-state index contributed by atoms with van der Waals surface area (Å²) < 4.78 is 0. The Hall–Kier alpha value is -1.85. The van der Waals surface area contributed by atoms with Gasteiger partial charge >= 0.3 is 0 Å². The Morgan fingerprint density at radius 1 is 1.06 bits per heavy atom. The number of piperidine rings is 1. The third-order valence-corrected chi connectivity index (χ3v) is 7.90. The van der Waals surface area contributed by atoms with Crippen molar-refractivity contribution in [2.75, 3.05) is 51.2 Å². The molecule has 3 rings (SSSR count). The van der Waals surface area contributed by atoms with E-state index in [4.69, 9.17) is 0 Å². The molecule has 2 atom stereocenters. The van der Waals surface area contributed by atoms with Gasteiger partial charge in [0.1, 0.15) is 0 Å². The van der Waals surface area contributed by atoms with Crippen molar-refractivity contribution in [3.63, 3.8) is 0 Å². The molecular formula is C28H46N4O. The normalized spacial score (nSPS) is 22.7. The number of amides is 1. The maximum absolute atomic E-state index is 12.2. The molecule has 1 aliphatic carbocycles. The third kappa shape index (κ3) is 7.58. The van der Waals surface area contributed by atoms with Gasteiger partial charge in [0.2, 0.25) is 5.91 Å². The number of carbonyl (C=O) groups is 1. The summed E-state index contributed by atoms with van der Waals surface area (Å²) in [5, 5.41) is 3.05. The van der Waals surface area contributed by atoms with E-state index in [-0.39, 0.29) is 5.91 Å². The van der Waals surface area contributed by atoms with Crippen molar-refractivity contribution in [1.82, 2.24) is 15.1 Å². The fraction of sp³-hybridized carbons (Fsp3) is 0.679. The van der Waals surface area contributed by atoms with Crippen LogP contribution in [0.15, 0.2) is 30.3 Å². The van der Waals surface area contributed by atoms with E-state index in [1.165, 1.54) is 44.2 Å². The molecule has 1 aromatic rings. The molecule has 0 aromatic heterocycles. The Bertz CT molecular complexity index is 735. The lowest BCUT2D eigenvalue weighted by Crippen LogP contribution is -2.50. The van der Waals surface area contributed by atoms with E-state index in [0.29, 0.717) is 6.54 Å². The molecule has 1 heterocycles. The van der Waals surface area contributed by atoms with Crippen LogP contribution in [0.4, 0.5) is 5.69 Å². The van der Waals surface area contributed by atoms with E-state index in [1.54, 1.807) is 6.08 Å². The number of carbonyl (C=O) groups excluding carboxylic acids is 1. The van der Waals surface area contributed by atoms with Gasteiger partial charge in [-0.2, -0.15) is 0 Å². The van der Waals surface area contributed by atoms with Crippen molar-refractivity contribution in [2.24, 2.45) is 5.92 Å². The van der Waals surface area contributed by atoms with E-state index >= 15 is 0 Å². The van der Waals surface area contributed by atoms with Crippen LogP contribution in [0.2, 0.25) is 0 Å². The molecule has 1 N–H and O–H groups in total. The minimum absolute atomic E-state index is 0.0104. The Kier molecular flexibility index (Phi) is 10.3. The number of hydrogen-bond acceptors (Lipinski definition) is 4. The number of likely N-dealkylation sites (tertiary alicyclic amines) is 1. The fourth-order valence-electron chi connectivity index (χ4n) is 5.68. The molecule has 33 heavy (non-hydrogen) atoms. The van der Waals surface area contributed by atoms with Gasteiger partial charge in [-0.15, -0.1) is 0 Å². The molecule has 2 aliphatic rings. The molecule has 0 spiro atoms. The van der Waals surface area contributed by atoms with Crippen molar-refractivity contribution >= 4 is 17.7 Å². The van der Waals surface area contributed by atoms with Crippen molar-refractivity contribution < 1.29 is 4.79 Å². The Balaban J connectivity index is 1.34. The molecule has 0 radical (unpaired) electrons. The summed E-state index contributed by atoms with van der Waals surface area (Å²) in [7, 11) is 2.36. The van der Waals surface area contributed by atoms with Crippen LogP contribution in [-0.4, -0.2) is 74.1 Å². The Morgan fingerprint density at radius 3 is 2.36 bits per heavy atom. The summed E-state index contributed by atoms with van der Waals surface area (Å²) in [5.74, 6) is 0.828. The SMILES string of the molecule is CCN(CC)c1ccc(/C=C/C(=O)NCCN2CCC(N(C)[C@@H]3CCCC[C@H]3C)CC2)cc1. The van der Waals surface area contributed by atoms with Crippen LogP contribution in [0.25, 0.3) is 6.08 Å². The summed E-state index contributed by atoms with van der Waals surface area (Å²) in [5.41, 5.74) is 2.28. The predicted octanol–water partition coefficient (Wildman–Crippen LogP) is 4.64. The number of anilines is 1. The minimum Gasteiger partial charge on any atom is -0.372 e. The van der Waals surface area contributed by atoms with Crippen LogP contribution in [0.3, 0.4) is 0 Å². The lowest BCUT2D eigenvalue weighted by Gasteiger charge is -2.44. The number of benzene rings is 1. The average molecular weight is 455 g/mol. The summed E-state index contributed by atoms with van der Waals surface area (Å²) in [4.78, 5) is 19.8. The zero-order valence-electron chi connectivity index (χ0n) is 21.4. The second-order valence-corrected chi connectivity index (χ2v) is 9.96. The number of rotatable bonds is 10. The second-order valence-electron chi connectivity index (χ2n) is 9.96. The molecule has 1 amide bonds. The van der Waals surface area contributed by atoms with Gasteiger partial charge in [-0.05, 0) is 89.4 Å². The summed E-state index contributed by atoms with van der Waals surface area (Å²) in [6.45, 7) is 12.7. The van der Waals surface area contributed by atoms with Crippen LogP contribution >= 0.6 is 0 Å². The van der Waals surface area contributed by atoms with Gasteiger partial charge in [0, 0.05) is 50.0 Å². The van der Waals surface area contributed by atoms with Crippen molar-refractivity contribution in [1.29, 1.82) is 0 Å². The molecule has 5 nitrogen and oxygen atoms in total. The molecule has 1 saturated carbocycles. The molecule has 1 aliphatic heterocycles. The van der Waals surface area contributed by atoms with Crippen molar-refractivity contribution in [3.8, 4) is 0 Å². The van der Waals surface area contributed by atoms with E-state index < -0.39 is 0 Å². The highest BCUT2D eigenvalue weighted by Crippen LogP contribution is 2.30. The Morgan fingerprint density at radius 2 is 1.73 bits per heavy atom. The first-order chi connectivity index (χ1) is 16.0. The van der Waals surface area contributed by atoms with Gasteiger partial charge in [0.05, 0.1) is 0 Å². The zero-order chi connectivity index (χ0) is 23.6. The highest BCUT2D eigenvalue weighted by Gasteiger charge is 2.31. The summed E-state index contributed by atoms with van der Waals surface area (Å²) in [6, 6.07) is 9.90. The lowest BCUT2D eigenvalue weighted by molar-refractivity contribution is -0.116. The van der Waals surface area contributed by atoms with E-state index in [2.05, 4.69) is 72.1 Å². The number of nitrogens with zero attached hydrogens (tertiary/aromatic N) is 3. The second kappa shape index (κ2) is 13.1. The monoisotopic (exact) mass is 454 g/mol. The van der Waals surface area contributed by atoms with Gasteiger partial charge in [-0.1, -0.05) is 31.9 Å². The third-order valence-electron chi connectivity index (χ3n) is 7.90. The van der Waals surface area contributed by atoms with Gasteiger partial charge < -0.3 is 20.0 Å². The maximum Gasteiger partial charge on any atom is 0.244 e. The summed E-state index contributed by atoms with van der Waals surface area (Å²) >= 11 is 0. The maximum atomic E-state index is 12.2. The molecular weight excluding hydrogens is 408 g/mol. The van der Waals surface area contributed by atoms with E-state index in [1.807, 2.05) is 6.08 Å². The molecule has 1 aromatic carbocycles. The van der Waals surface area contributed by atoms with E-state index in [0.717, 1.165) is 56.3 Å². The molecule has 184 valence electrons. The number of nitrogens with one attached hydrogen (secondary N) is 1. The summed E-state index contributed by atoms with van der Waals surface area (Å²) in [6.07, 6.45) is 11.6. The molecule has 5 heteroatoms. The predicted molar refractivity (Wildman–Crippen MR) is 141 cm³/mol. The van der Waals surface area contributed by atoms with Gasteiger partial charge in [-0.3, -0.25) is 4.79 Å². The first-order valence-electron chi connectivity index (χ1n) is 13.3. The smallest absolute Gasteiger partial charge is 0.244 e. The first kappa shape index (κ1) is 25.8. The quantitative estimate of drug-likeness (QED) is 0.523. The van der Waals surface area contributed by atoms with Crippen LogP contribution < -0.4 is 10.2 Å². The van der Waals surface area contributed by atoms with Gasteiger partial charge in [-0.25, -0.2) is 0 Å². The fourth-order valence-corrected chi connectivity index (χ4v) is 5.68. The number of hydrogen-bond donors (Lipinski definition) is 1.